The molecule has 15 atom stereocenters. The van der Waals surface area contributed by atoms with Crippen molar-refractivity contribution >= 4 is 59.7 Å². The normalized spacial score (nSPS) is 29.4. The molecule has 26 heteroatoms. The molecule has 3 saturated heterocycles. The molecule has 3 aliphatic rings. The van der Waals surface area contributed by atoms with Crippen LogP contribution in [0.4, 0.5) is 0 Å². The zero-order chi connectivity index (χ0) is 54.4. The molecular formula is C48H57NO25. The van der Waals surface area contributed by atoms with Gasteiger partial charge in [0.05, 0.1) is 17.7 Å². The Morgan fingerprint density at radius 2 is 0.716 bits per heavy atom. The summed E-state index contributed by atoms with van der Waals surface area (Å²) >= 11 is 0. The Kier molecular flexibility index (Phi) is 20.9. The van der Waals surface area contributed by atoms with Gasteiger partial charge >= 0.3 is 59.7 Å². The van der Waals surface area contributed by atoms with Gasteiger partial charge in [0.25, 0.3) is 0 Å². The van der Waals surface area contributed by atoms with E-state index in [0.29, 0.717) is 0 Å². The molecule has 0 bridgehead atoms. The van der Waals surface area contributed by atoms with E-state index < -0.39 is 172 Å². The van der Waals surface area contributed by atoms with Crippen LogP contribution in [0.5, 0.6) is 0 Å². The number of rotatable bonds is 19. The molecule has 2 aromatic carbocycles. The Labute approximate surface area is 422 Å². The molecule has 26 nitrogen and oxygen atoms in total. The lowest BCUT2D eigenvalue weighted by molar-refractivity contribution is -0.347. The van der Waals surface area contributed by atoms with Gasteiger partial charge in [0.1, 0.15) is 43.9 Å². The van der Waals surface area contributed by atoms with Crippen LogP contribution in [-0.2, 0) is 109 Å². The van der Waals surface area contributed by atoms with Crippen LogP contribution in [0.3, 0.4) is 0 Å². The standard InChI is InChI=1S/C48H57NO25/c1-22(50)60-19-33-35(63-24(3)52)39(65-26(5)54)42(67-28(7)56)47(70-33)62-21-32-37(72-45(58)30-15-11-9-12-16-30)38(41(44(49)69-32)73-46(59)31-17-13-10-14-18-31)74-48-43(68-29(8)57)40(66-27(6)55)36(64-25(4)53)34(71-48)20-61-23(2)51/h9-18,32-44,47-48H,19-21,49H2,1-8H3/t32-,33-,34-,35-,36-,37-,38+,39+,40+,41+,42+,43+,44-,47+,48-/m1/s1. The van der Waals surface area contributed by atoms with Gasteiger partial charge < -0.3 is 76.8 Å². The third kappa shape index (κ3) is 16.2. The van der Waals surface area contributed by atoms with Crippen LogP contribution in [-0.4, -0.2) is 172 Å². The highest BCUT2D eigenvalue weighted by Crippen LogP contribution is 2.37. The van der Waals surface area contributed by atoms with Crippen LogP contribution in [0.25, 0.3) is 0 Å². The molecule has 2 aromatic rings. The summed E-state index contributed by atoms with van der Waals surface area (Å²) in [6.45, 7) is 6.05. The highest BCUT2D eigenvalue weighted by atomic mass is 16.8. The van der Waals surface area contributed by atoms with Gasteiger partial charge in [-0.15, -0.1) is 0 Å². The smallest absolute Gasteiger partial charge is 0.338 e. The summed E-state index contributed by atoms with van der Waals surface area (Å²) in [5.41, 5.74) is 6.64. The minimum Gasteiger partial charge on any atom is -0.463 e. The van der Waals surface area contributed by atoms with Gasteiger partial charge in [0.2, 0.25) is 0 Å². The van der Waals surface area contributed by atoms with Crippen LogP contribution in [0.2, 0.25) is 0 Å². The van der Waals surface area contributed by atoms with Crippen molar-refractivity contribution in [1.82, 2.24) is 0 Å². The summed E-state index contributed by atoms with van der Waals surface area (Å²) in [4.78, 5) is 128. The number of ether oxygens (including phenoxy) is 15. The molecule has 0 radical (unpaired) electrons. The number of hydrogen-bond donors (Lipinski definition) is 1. The first-order valence-corrected chi connectivity index (χ1v) is 22.8. The fourth-order valence-electron chi connectivity index (χ4n) is 8.01. The fraction of sp³-hybridized carbons (Fsp3) is 0.542. The molecule has 404 valence electrons. The van der Waals surface area contributed by atoms with Crippen LogP contribution in [0.1, 0.15) is 76.1 Å². The largest absolute Gasteiger partial charge is 0.463 e. The van der Waals surface area contributed by atoms with Crippen molar-refractivity contribution < 1.29 is 119 Å². The molecule has 5 rings (SSSR count). The molecule has 74 heavy (non-hydrogen) atoms. The average molecular weight is 1050 g/mol. The van der Waals surface area contributed by atoms with Crippen molar-refractivity contribution in [2.24, 2.45) is 5.73 Å². The molecule has 2 N–H and O–H groups in total. The second-order valence-corrected chi connectivity index (χ2v) is 16.7. The highest BCUT2D eigenvalue weighted by Gasteiger charge is 2.58. The quantitative estimate of drug-likeness (QED) is 0.149. The van der Waals surface area contributed by atoms with Crippen molar-refractivity contribution in [3.63, 3.8) is 0 Å². The third-order valence-electron chi connectivity index (χ3n) is 10.8. The van der Waals surface area contributed by atoms with Crippen LogP contribution in [0, 0.1) is 0 Å². The van der Waals surface area contributed by atoms with E-state index in [9.17, 15) is 47.9 Å². The molecule has 0 aliphatic carbocycles. The number of benzene rings is 2. The Morgan fingerprint density at radius 3 is 1.12 bits per heavy atom. The summed E-state index contributed by atoms with van der Waals surface area (Å²) in [5, 5.41) is 0. The van der Waals surface area contributed by atoms with Crippen molar-refractivity contribution in [1.29, 1.82) is 0 Å². The van der Waals surface area contributed by atoms with Gasteiger partial charge in [-0.3, -0.25) is 38.4 Å². The van der Waals surface area contributed by atoms with Gasteiger partial charge in [0, 0.05) is 55.4 Å². The van der Waals surface area contributed by atoms with Gasteiger partial charge in [-0.1, -0.05) is 36.4 Å². The van der Waals surface area contributed by atoms with E-state index in [0.717, 1.165) is 55.4 Å². The first kappa shape index (κ1) is 57.8. The van der Waals surface area contributed by atoms with E-state index in [2.05, 4.69) is 0 Å². The Balaban J connectivity index is 1.67. The van der Waals surface area contributed by atoms with Gasteiger partial charge in [-0.25, -0.2) is 9.59 Å². The lowest BCUT2D eigenvalue weighted by Crippen LogP contribution is -2.68. The van der Waals surface area contributed by atoms with E-state index in [4.69, 9.17) is 76.8 Å². The van der Waals surface area contributed by atoms with Crippen molar-refractivity contribution in [3.8, 4) is 0 Å². The molecule has 0 spiro atoms. The predicted molar refractivity (Wildman–Crippen MR) is 239 cm³/mol. The van der Waals surface area contributed by atoms with Crippen molar-refractivity contribution in [2.75, 3.05) is 19.8 Å². The predicted octanol–water partition coefficient (Wildman–Crippen LogP) is 0.689. The number of carbonyl (C=O) groups is 10. The van der Waals surface area contributed by atoms with Crippen molar-refractivity contribution in [2.45, 2.75) is 147 Å². The molecule has 0 unspecified atom stereocenters. The third-order valence-corrected chi connectivity index (χ3v) is 10.8. The lowest BCUT2D eigenvalue weighted by Gasteiger charge is -2.49. The molecule has 3 heterocycles. The first-order chi connectivity index (χ1) is 35.0. The number of nitrogens with two attached hydrogens (primary N) is 1. The molecule has 3 fully saturated rings. The summed E-state index contributed by atoms with van der Waals surface area (Å²) in [6, 6.07) is 14.9. The van der Waals surface area contributed by atoms with Gasteiger partial charge in [-0.2, -0.15) is 0 Å². The number of carbonyl (C=O) groups excluding carboxylic acids is 10. The summed E-state index contributed by atoms with van der Waals surface area (Å²) in [5.74, 6) is -9.40. The molecule has 3 aliphatic heterocycles. The minimum absolute atomic E-state index is 0.00214. The second kappa shape index (κ2) is 26.7. The fourth-order valence-corrected chi connectivity index (χ4v) is 8.01. The van der Waals surface area contributed by atoms with Crippen molar-refractivity contribution in [3.05, 3.63) is 71.8 Å². The second-order valence-electron chi connectivity index (χ2n) is 16.7. The Morgan fingerprint density at radius 1 is 0.378 bits per heavy atom. The summed E-state index contributed by atoms with van der Waals surface area (Å²) in [6.07, 6.45) is -26.2. The maximum atomic E-state index is 14.2. The van der Waals surface area contributed by atoms with E-state index in [-0.39, 0.29) is 11.1 Å². The SMILES string of the molecule is CC(=O)OC[C@H]1O[C@H](OC[C@H]2O[C@@H](N)[C@@H](OC(=O)c3ccccc3)[C@@H](O[C@H]3O[C@H](COC(C)=O)[C@@H](OC(C)=O)[C@H](OC(C)=O)[C@@H]3OC(C)=O)[C@@H]2OC(=O)c2ccccc2)[C@@H](OC(C)=O)[C@@H](OC(C)=O)[C@@H]1OC(C)=O. The van der Waals surface area contributed by atoms with E-state index >= 15 is 0 Å². The average Bonchev–Trinajstić information content (AvgIpc) is 3.32. The van der Waals surface area contributed by atoms with Crippen LogP contribution < -0.4 is 5.73 Å². The topological polar surface area (TPSA) is 335 Å². The van der Waals surface area contributed by atoms with Crippen LogP contribution >= 0.6 is 0 Å². The van der Waals surface area contributed by atoms with E-state index in [1.165, 1.54) is 48.5 Å². The molecule has 0 amide bonds. The van der Waals surface area contributed by atoms with Gasteiger partial charge in [-0.05, 0) is 24.3 Å². The monoisotopic (exact) mass is 1050 g/mol. The van der Waals surface area contributed by atoms with E-state index in [1.807, 2.05) is 0 Å². The van der Waals surface area contributed by atoms with Gasteiger partial charge in [0.15, 0.2) is 61.4 Å². The van der Waals surface area contributed by atoms with E-state index in [1.54, 1.807) is 12.1 Å². The summed E-state index contributed by atoms with van der Waals surface area (Å²) in [7, 11) is 0. The maximum absolute atomic E-state index is 14.2. The molecule has 0 aromatic heterocycles. The number of esters is 10. The first-order valence-electron chi connectivity index (χ1n) is 22.8. The Hall–Kier alpha value is -7.10. The molecular weight excluding hydrogens is 991 g/mol. The Bertz CT molecular complexity index is 2330. The lowest BCUT2D eigenvalue weighted by atomic mass is 9.95. The zero-order valence-electron chi connectivity index (χ0n) is 41.3. The van der Waals surface area contributed by atoms with Crippen LogP contribution in [0.15, 0.2) is 60.7 Å². The number of hydrogen-bond acceptors (Lipinski definition) is 26. The zero-order valence-corrected chi connectivity index (χ0v) is 41.3. The maximum Gasteiger partial charge on any atom is 0.338 e. The minimum atomic E-state index is -2.01. The molecule has 0 saturated carbocycles. The summed E-state index contributed by atoms with van der Waals surface area (Å²) < 4.78 is 87.1. The highest BCUT2D eigenvalue weighted by molar-refractivity contribution is 5.90.